The SMILES string of the molecule is CC[C@@H](NC(=O)N1C(=O)[C@H](Cc2cc(C)nc(N)c2)[C@H]1C(=O)N(C)c1cnn(C)c1)c1ccc(C)cc1C. The van der Waals surface area contributed by atoms with E-state index in [0.29, 0.717) is 17.9 Å². The van der Waals surface area contributed by atoms with Crippen molar-refractivity contribution in [3.63, 3.8) is 0 Å². The number of nitrogens with two attached hydrogens (primary N) is 1. The van der Waals surface area contributed by atoms with E-state index in [2.05, 4.69) is 21.5 Å². The van der Waals surface area contributed by atoms with E-state index >= 15 is 0 Å². The number of hydrogen-bond donors (Lipinski definition) is 2. The lowest BCUT2D eigenvalue weighted by molar-refractivity contribution is -0.156. The highest BCUT2D eigenvalue weighted by Crippen LogP contribution is 2.34. The van der Waals surface area contributed by atoms with Gasteiger partial charge in [0.05, 0.1) is 23.8 Å². The van der Waals surface area contributed by atoms with Gasteiger partial charge in [0.15, 0.2) is 0 Å². The minimum absolute atomic E-state index is 0.266. The first kappa shape index (κ1) is 26.8. The van der Waals surface area contributed by atoms with Crippen molar-refractivity contribution in [3.8, 4) is 0 Å². The molecule has 0 unspecified atom stereocenters. The first-order valence-electron chi connectivity index (χ1n) is 12.7. The summed E-state index contributed by atoms with van der Waals surface area (Å²) in [6.07, 6.45) is 4.17. The van der Waals surface area contributed by atoms with E-state index in [-0.39, 0.29) is 18.4 Å². The molecule has 1 aromatic carbocycles. The molecule has 2 aromatic heterocycles. The number of likely N-dealkylation sites (N-methyl/N-ethyl adjacent to an activating group) is 1. The van der Waals surface area contributed by atoms with Crippen molar-refractivity contribution in [1.29, 1.82) is 0 Å². The molecule has 1 saturated heterocycles. The number of benzene rings is 1. The summed E-state index contributed by atoms with van der Waals surface area (Å²) >= 11 is 0. The van der Waals surface area contributed by atoms with Crippen LogP contribution in [0.25, 0.3) is 0 Å². The number of carbonyl (C=O) groups is 3. The first-order valence-corrected chi connectivity index (χ1v) is 12.7. The molecule has 4 rings (SSSR count). The number of hydrogen-bond acceptors (Lipinski definition) is 6. The highest BCUT2D eigenvalue weighted by molar-refractivity contribution is 6.12. The monoisotopic (exact) mass is 517 g/mol. The van der Waals surface area contributed by atoms with E-state index in [1.54, 1.807) is 37.2 Å². The molecular weight excluding hydrogens is 482 g/mol. The maximum Gasteiger partial charge on any atom is 0.325 e. The molecule has 3 atom stereocenters. The zero-order valence-corrected chi connectivity index (χ0v) is 22.7. The molecule has 1 aliphatic heterocycles. The van der Waals surface area contributed by atoms with E-state index in [4.69, 9.17) is 5.73 Å². The minimum Gasteiger partial charge on any atom is -0.384 e. The zero-order valence-electron chi connectivity index (χ0n) is 22.7. The van der Waals surface area contributed by atoms with Crippen LogP contribution in [0.15, 0.2) is 42.7 Å². The number of urea groups is 1. The number of β-lactam (4-membered cyclic amide) rings is 1. The maximum absolute atomic E-state index is 13.7. The molecule has 0 saturated carbocycles. The molecule has 1 aliphatic rings. The Morgan fingerprint density at radius 2 is 1.92 bits per heavy atom. The maximum atomic E-state index is 13.7. The van der Waals surface area contributed by atoms with Crippen LogP contribution in [0.5, 0.6) is 0 Å². The molecule has 1 fully saturated rings. The van der Waals surface area contributed by atoms with Crippen LogP contribution in [0.3, 0.4) is 0 Å². The van der Waals surface area contributed by atoms with Crippen LogP contribution in [0.4, 0.5) is 16.3 Å². The van der Waals surface area contributed by atoms with Crippen LogP contribution in [-0.2, 0) is 23.1 Å². The van der Waals surface area contributed by atoms with Gasteiger partial charge in [-0.15, -0.1) is 0 Å². The van der Waals surface area contributed by atoms with Crippen molar-refractivity contribution in [2.24, 2.45) is 13.0 Å². The smallest absolute Gasteiger partial charge is 0.325 e. The van der Waals surface area contributed by atoms with Crippen molar-refractivity contribution in [1.82, 2.24) is 25.0 Å². The summed E-state index contributed by atoms with van der Waals surface area (Å²) in [5, 5.41) is 7.13. The average molecular weight is 518 g/mol. The molecule has 10 heteroatoms. The summed E-state index contributed by atoms with van der Waals surface area (Å²) in [4.78, 5) is 47.3. The van der Waals surface area contributed by atoms with E-state index < -0.39 is 23.9 Å². The Hall–Kier alpha value is -4.21. The molecule has 0 spiro atoms. The second-order valence-corrected chi connectivity index (χ2v) is 10.0. The molecule has 38 heavy (non-hydrogen) atoms. The standard InChI is InChI=1S/C28H35N7O3/c1-7-23(21-9-8-16(2)10-17(21)3)32-28(38)35-25(27(37)34(6)20-14-30-33(5)15-20)22(26(35)36)12-19-11-18(4)31-24(29)13-19/h8-11,13-15,22-23,25H,7,12H2,1-6H3,(H2,29,31)(H,32,38)/t22-,23-,25+/m1/s1. The van der Waals surface area contributed by atoms with Gasteiger partial charge in [0.1, 0.15) is 11.9 Å². The van der Waals surface area contributed by atoms with Gasteiger partial charge in [0, 0.05) is 26.0 Å². The van der Waals surface area contributed by atoms with Gasteiger partial charge in [-0.2, -0.15) is 5.10 Å². The summed E-state index contributed by atoms with van der Waals surface area (Å²) in [7, 11) is 3.37. The van der Waals surface area contributed by atoms with Crippen LogP contribution in [0.2, 0.25) is 0 Å². The van der Waals surface area contributed by atoms with Crippen LogP contribution < -0.4 is 16.0 Å². The highest BCUT2D eigenvalue weighted by atomic mass is 16.2. The van der Waals surface area contributed by atoms with E-state index in [1.165, 1.54) is 4.90 Å². The Morgan fingerprint density at radius 1 is 1.18 bits per heavy atom. The van der Waals surface area contributed by atoms with Gasteiger partial charge in [0.2, 0.25) is 5.91 Å². The largest absolute Gasteiger partial charge is 0.384 e. The molecule has 0 aliphatic carbocycles. The second kappa shape index (κ2) is 10.6. The number of likely N-dealkylation sites (tertiary alicyclic amines) is 1. The fourth-order valence-electron chi connectivity index (χ4n) is 5.14. The number of amides is 4. The number of aromatic nitrogens is 3. The Kier molecular flexibility index (Phi) is 7.52. The third kappa shape index (κ3) is 5.25. The highest BCUT2D eigenvalue weighted by Gasteiger charge is 2.55. The number of nitrogens with one attached hydrogen (secondary N) is 1. The normalized spacial score (nSPS) is 17.6. The Balaban J connectivity index is 1.62. The molecule has 4 amide bonds. The van der Waals surface area contributed by atoms with Crippen LogP contribution >= 0.6 is 0 Å². The first-order chi connectivity index (χ1) is 18.0. The predicted octanol–water partition coefficient (Wildman–Crippen LogP) is 3.22. The van der Waals surface area contributed by atoms with Crippen molar-refractivity contribution in [2.45, 2.75) is 52.6 Å². The number of pyridine rings is 1. The minimum atomic E-state index is -0.973. The lowest BCUT2D eigenvalue weighted by Gasteiger charge is -2.46. The van der Waals surface area contributed by atoms with Crippen molar-refractivity contribution < 1.29 is 14.4 Å². The van der Waals surface area contributed by atoms with Crippen LogP contribution in [0, 0.1) is 26.7 Å². The number of rotatable bonds is 7. The van der Waals surface area contributed by atoms with Gasteiger partial charge in [-0.05, 0) is 62.4 Å². The molecule has 10 nitrogen and oxygen atoms in total. The fraction of sp³-hybridized carbons (Fsp3) is 0.393. The summed E-state index contributed by atoms with van der Waals surface area (Å²) in [5.41, 5.74) is 11.2. The summed E-state index contributed by atoms with van der Waals surface area (Å²) < 4.78 is 1.59. The van der Waals surface area contributed by atoms with Gasteiger partial charge in [-0.3, -0.25) is 19.2 Å². The van der Waals surface area contributed by atoms with Gasteiger partial charge in [0.25, 0.3) is 5.91 Å². The summed E-state index contributed by atoms with van der Waals surface area (Å²) in [6.45, 7) is 7.81. The predicted molar refractivity (Wildman–Crippen MR) is 145 cm³/mol. The molecule has 3 N–H and O–H groups in total. The van der Waals surface area contributed by atoms with Crippen molar-refractivity contribution in [3.05, 3.63) is 70.7 Å². The van der Waals surface area contributed by atoms with Crippen molar-refractivity contribution in [2.75, 3.05) is 17.7 Å². The summed E-state index contributed by atoms with van der Waals surface area (Å²) in [5.74, 6) is -1.13. The van der Waals surface area contributed by atoms with Gasteiger partial charge in [-0.1, -0.05) is 30.7 Å². The van der Waals surface area contributed by atoms with E-state index in [1.807, 2.05) is 45.9 Å². The van der Waals surface area contributed by atoms with Gasteiger partial charge >= 0.3 is 6.03 Å². The van der Waals surface area contributed by atoms with Crippen LogP contribution in [0.1, 0.15) is 47.3 Å². The third-order valence-electron chi connectivity index (χ3n) is 7.09. The van der Waals surface area contributed by atoms with Gasteiger partial charge in [-0.25, -0.2) is 9.78 Å². The number of aryl methyl sites for hydroxylation is 4. The number of nitrogen functional groups attached to an aromatic ring is 1. The van der Waals surface area contributed by atoms with E-state index in [0.717, 1.165) is 32.8 Å². The fourth-order valence-corrected chi connectivity index (χ4v) is 5.14. The van der Waals surface area contributed by atoms with Crippen LogP contribution in [-0.4, -0.2) is 50.6 Å². The number of imide groups is 1. The number of carbonyl (C=O) groups excluding carboxylic acids is 3. The Morgan fingerprint density at radius 3 is 2.53 bits per heavy atom. The Bertz CT molecular complexity index is 1360. The molecular formula is C28H35N7O3. The Labute approximate surface area is 222 Å². The molecule has 0 bridgehead atoms. The molecule has 200 valence electrons. The van der Waals surface area contributed by atoms with Gasteiger partial charge < -0.3 is 16.0 Å². The second-order valence-electron chi connectivity index (χ2n) is 10.0. The average Bonchev–Trinajstić information content (AvgIpc) is 3.29. The third-order valence-corrected chi connectivity index (χ3v) is 7.09. The topological polar surface area (TPSA) is 126 Å². The number of nitrogens with zero attached hydrogens (tertiary/aromatic N) is 5. The number of anilines is 2. The lowest BCUT2D eigenvalue weighted by Crippen LogP contribution is -2.70. The van der Waals surface area contributed by atoms with E-state index in [9.17, 15) is 14.4 Å². The molecule has 3 heterocycles. The summed E-state index contributed by atoms with van der Waals surface area (Å²) in [6, 6.07) is 7.74. The molecule has 3 aromatic rings. The lowest BCUT2D eigenvalue weighted by atomic mass is 9.81. The van der Waals surface area contributed by atoms with Crippen molar-refractivity contribution >= 4 is 29.4 Å². The quantitative estimate of drug-likeness (QED) is 0.464. The zero-order chi connectivity index (χ0) is 27.7. The molecule has 0 radical (unpaired) electrons.